The highest BCUT2D eigenvalue weighted by molar-refractivity contribution is 7.88. The van der Waals surface area contributed by atoms with E-state index in [2.05, 4.69) is 4.90 Å². The molecule has 0 spiro atoms. The summed E-state index contributed by atoms with van der Waals surface area (Å²) in [5, 5.41) is 0. The van der Waals surface area contributed by atoms with Crippen LogP contribution in [0.1, 0.15) is 39.0 Å². The van der Waals surface area contributed by atoms with Crippen molar-refractivity contribution in [3.8, 4) is 0 Å². The minimum Gasteiger partial charge on any atom is -0.341 e. The van der Waals surface area contributed by atoms with Crippen LogP contribution in [0, 0.1) is 0 Å². The fourth-order valence-corrected chi connectivity index (χ4v) is 4.35. The molecule has 7 heteroatoms. The predicted octanol–water partition coefficient (Wildman–Crippen LogP) is 0.743. The van der Waals surface area contributed by atoms with Gasteiger partial charge in [0.25, 0.3) is 0 Å². The maximum absolute atomic E-state index is 12.7. The quantitative estimate of drug-likeness (QED) is 0.762. The highest BCUT2D eigenvalue weighted by Crippen LogP contribution is 2.23. The first-order chi connectivity index (χ1) is 10.3. The number of piperazine rings is 1. The average Bonchev–Trinajstić information content (AvgIpc) is 2.53. The topological polar surface area (TPSA) is 60.9 Å². The van der Waals surface area contributed by atoms with Crippen LogP contribution in [-0.2, 0) is 14.8 Å². The van der Waals surface area contributed by atoms with Crippen molar-refractivity contribution in [2.75, 3.05) is 39.5 Å². The van der Waals surface area contributed by atoms with E-state index in [1.54, 1.807) is 0 Å². The molecule has 6 nitrogen and oxygen atoms in total. The van der Waals surface area contributed by atoms with E-state index in [1.165, 1.54) is 29.8 Å². The van der Waals surface area contributed by atoms with E-state index in [0.29, 0.717) is 32.2 Å². The normalized spacial score (nSPS) is 24.1. The molecule has 1 unspecified atom stereocenters. The Morgan fingerprint density at radius 2 is 1.64 bits per heavy atom. The van der Waals surface area contributed by atoms with Gasteiger partial charge in [0.15, 0.2) is 0 Å². The molecule has 0 radical (unpaired) electrons. The Morgan fingerprint density at radius 1 is 1.09 bits per heavy atom. The van der Waals surface area contributed by atoms with Gasteiger partial charge in [0.1, 0.15) is 0 Å². The van der Waals surface area contributed by atoms with Gasteiger partial charge < -0.3 is 4.90 Å². The Balaban J connectivity index is 1.88. The largest absolute Gasteiger partial charge is 0.341 e. The fraction of sp³-hybridized carbons (Fsp3) is 0.933. The van der Waals surface area contributed by atoms with Crippen LogP contribution in [-0.4, -0.2) is 80.0 Å². The lowest BCUT2D eigenvalue weighted by Crippen LogP contribution is -2.56. The van der Waals surface area contributed by atoms with Gasteiger partial charge in [-0.15, -0.1) is 0 Å². The number of amides is 1. The Labute approximate surface area is 134 Å². The number of nitrogens with zero attached hydrogens (tertiary/aromatic N) is 3. The first-order valence-corrected chi connectivity index (χ1v) is 10.1. The number of hydrogen-bond acceptors (Lipinski definition) is 4. The van der Waals surface area contributed by atoms with Crippen LogP contribution >= 0.6 is 0 Å². The van der Waals surface area contributed by atoms with Crippen LogP contribution < -0.4 is 0 Å². The summed E-state index contributed by atoms with van der Waals surface area (Å²) in [7, 11) is -1.20. The second-order valence-electron chi connectivity index (χ2n) is 6.61. The smallest absolute Gasteiger partial charge is 0.239 e. The Morgan fingerprint density at radius 3 is 2.14 bits per heavy atom. The second kappa shape index (κ2) is 7.27. The number of carbonyl (C=O) groups is 1. The molecule has 22 heavy (non-hydrogen) atoms. The molecule has 2 fully saturated rings. The van der Waals surface area contributed by atoms with Crippen molar-refractivity contribution in [1.82, 2.24) is 14.1 Å². The van der Waals surface area contributed by atoms with Gasteiger partial charge in [0.05, 0.1) is 12.3 Å². The Bertz CT molecular complexity index is 480. The summed E-state index contributed by atoms with van der Waals surface area (Å²) >= 11 is 0. The summed E-state index contributed by atoms with van der Waals surface area (Å²) in [6, 6.07) is 0.203. The molecule has 128 valence electrons. The van der Waals surface area contributed by atoms with E-state index in [0.717, 1.165) is 12.8 Å². The second-order valence-corrected chi connectivity index (χ2v) is 8.60. The van der Waals surface area contributed by atoms with Crippen LogP contribution in [0.15, 0.2) is 0 Å². The standard InChI is InChI=1S/C15H29N3O3S/c1-13(15(19)16(2)14-7-5-4-6-8-14)17-9-11-18(12-10-17)22(3,20)21/h13-14H,4-12H2,1-3H3. The van der Waals surface area contributed by atoms with Crippen molar-refractivity contribution >= 4 is 15.9 Å². The SMILES string of the molecule is CC(C(=O)N(C)C1CCCCC1)N1CCN(S(C)(=O)=O)CC1. The van der Waals surface area contributed by atoms with Gasteiger partial charge in [-0.1, -0.05) is 19.3 Å². The zero-order valence-corrected chi connectivity index (χ0v) is 14.8. The van der Waals surface area contributed by atoms with Crippen molar-refractivity contribution in [1.29, 1.82) is 0 Å². The van der Waals surface area contributed by atoms with Crippen LogP contribution in [0.25, 0.3) is 0 Å². The first kappa shape index (κ1) is 17.7. The van der Waals surface area contributed by atoms with Gasteiger partial charge in [-0.2, -0.15) is 4.31 Å². The summed E-state index contributed by atoms with van der Waals surface area (Å²) in [6.07, 6.45) is 7.16. The minimum absolute atomic E-state index is 0.166. The lowest BCUT2D eigenvalue weighted by Gasteiger charge is -2.39. The van der Waals surface area contributed by atoms with Gasteiger partial charge >= 0.3 is 0 Å². The van der Waals surface area contributed by atoms with Crippen molar-refractivity contribution in [2.45, 2.75) is 51.1 Å². The molecule has 0 N–H and O–H groups in total. The van der Waals surface area contributed by atoms with E-state index in [9.17, 15) is 13.2 Å². The summed E-state index contributed by atoms with van der Waals surface area (Å²) in [5.74, 6) is 0.166. The minimum atomic E-state index is -3.12. The van der Waals surface area contributed by atoms with Gasteiger partial charge in [0.2, 0.25) is 15.9 Å². The van der Waals surface area contributed by atoms with E-state index >= 15 is 0 Å². The molecule has 1 saturated carbocycles. The zero-order chi connectivity index (χ0) is 16.3. The van der Waals surface area contributed by atoms with Crippen LogP contribution in [0.2, 0.25) is 0 Å². The monoisotopic (exact) mass is 331 g/mol. The average molecular weight is 331 g/mol. The molecular formula is C15H29N3O3S. The maximum Gasteiger partial charge on any atom is 0.239 e. The summed E-state index contributed by atoms with van der Waals surface area (Å²) < 4.78 is 24.6. The molecule has 0 aromatic heterocycles. The van der Waals surface area contributed by atoms with Crippen LogP contribution in [0.5, 0.6) is 0 Å². The van der Waals surface area contributed by atoms with Crippen molar-refractivity contribution < 1.29 is 13.2 Å². The molecule has 1 aliphatic carbocycles. The Hall–Kier alpha value is -0.660. The summed E-state index contributed by atoms with van der Waals surface area (Å²) in [4.78, 5) is 16.7. The van der Waals surface area contributed by atoms with Gasteiger partial charge in [0, 0.05) is 39.3 Å². The van der Waals surface area contributed by atoms with E-state index in [4.69, 9.17) is 0 Å². The molecule has 0 aromatic rings. The lowest BCUT2D eigenvalue weighted by molar-refractivity contribution is -0.138. The molecule has 0 aromatic carbocycles. The van der Waals surface area contributed by atoms with Crippen LogP contribution in [0.3, 0.4) is 0 Å². The zero-order valence-electron chi connectivity index (χ0n) is 14.0. The van der Waals surface area contributed by atoms with Crippen LogP contribution in [0.4, 0.5) is 0 Å². The maximum atomic E-state index is 12.7. The molecule has 2 rings (SSSR count). The molecule has 1 amide bonds. The Kier molecular flexibility index (Phi) is 5.85. The number of rotatable bonds is 4. The summed E-state index contributed by atoms with van der Waals surface area (Å²) in [6.45, 7) is 4.14. The third-order valence-corrected chi connectivity index (χ3v) is 6.42. The number of hydrogen-bond donors (Lipinski definition) is 0. The third-order valence-electron chi connectivity index (χ3n) is 5.12. The predicted molar refractivity (Wildman–Crippen MR) is 87.1 cm³/mol. The summed E-state index contributed by atoms with van der Waals surface area (Å²) in [5.41, 5.74) is 0. The molecular weight excluding hydrogens is 302 g/mol. The molecule has 1 heterocycles. The van der Waals surface area contributed by atoms with E-state index in [1.807, 2.05) is 18.9 Å². The molecule has 0 bridgehead atoms. The molecule has 2 aliphatic rings. The van der Waals surface area contributed by atoms with E-state index < -0.39 is 10.0 Å². The van der Waals surface area contributed by atoms with E-state index in [-0.39, 0.29) is 11.9 Å². The third kappa shape index (κ3) is 4.20. The number of sulfonamides is 1. The lowest BCUT2D eigenvalue weighted by atomic mass is 9.94. The molecule has 1 aliphatic heterocycles. The molecule has 1 saturated heterocycles. The highest BCUT2D eigenvalue weighted by atomic mass is 32.2. The van der Waals surface area contributed by atoms with Crippen molar-refractivity contribution in [2.24, 2.45) is 0 Å². The first-order valence-electron chi connectivity index (χ1n) is 8.26. The van der Waals surface area contributed by atoms with Crippen molar-refractivity contribution in [3.63, 3.8) is 0 Å². The van der Waals surface area contributed by atoms with Crippen molar-refractivity contribution in [3.05, 3.63) is 0 Å². The van der Waals surface area contributed by atoms with Gasteiger partial charge in [-0.25, -0.2) is 8.42 Å². The highest BCUT2D eigenvalue weighted by Gasteiger charge is 2.32. The van der Waals surface area contributed by atoms with Gasteiger partial charge in [-0.05, 0) is 19.8 Å². The molecule has 1 atom stereocenters. The number of likely N-dealkylation sites (N-methyl/N-ethyl adjacent to an activating group) is 1. The van der Waals surface area contributed by atoms with Gasteiger partial charge in [-0.3, -0.25) is 9.69 Å². The fourth-order valence-electron chi connectivity index (χ4n) is 3.52. The number of carbonyl (C=O) groups excluding carboxylic acids is 1.